The van der Waals surface area contributed by atoms with E-state index < -0.39 is 11.9 Å². The van der Waals surface area contributed by atoms with Gasteiger partial charge in [-0.3, -0.25) is 0 Å². The third-order valence-corrected chi connectivity index (χ3v) is 3.80. The first-order chi connectivity index (χ1) is 9.01. The highest BCUT2D eigenvalue weighted by atomic mass is 19.1. The first-order valence-electron chi connectivity index (χ1n) is 6.70. The molecule has 0 spiro atoms. The first-order valence-corrected chi connectivity index (χ1v) is 6.70. The molecule has 1 aliphatic rings. The highest BCUT2D eigenvalue weighted by Gasteiger charge is 2.27. The fourth-order valence-corrected chi connectivity index (χ4v) is 2.97. The molecule has 104 valence electrons. The van der Waals surface area contributed by atoms with Crippen LogP contribution in [0.5, 0.6) is 5.75 Å². The highest BCUT2D eigenvalue weighted by Crippen LogP contribution is 2.37. The Balaban J connectivity index is 2.20. The Kier molecular flexibility index (Phi) is 4.25. The van der Waals surface area contributed by atoms with Crippen LogP contribution >= 0.6 is 0 Å². The van der Waals surface area contributed by atoms with Gasteiger partial charge >= 0.3 is 0 Å². The average Bonchev–Trinajstić information content (AvgIpc) is 2.36. The molecule has 0 radical (unpaired) electrons. The van der Waals surface area contributed by atoms with E-state index in [9.17, 15) is 9.50 Å². The second kappa shape index (κ2) is 5.74. The van der Waals surface area contributed by atoms with E-state index in [-0.39, 0.29) is 5.92 Å². The Morgan fingerprint density at radius 1 is 1.42 bits per heavy atom. The van der Waals surface area contributed by atoms with Gasteiger partial charge in [0.2, 0.25) is 0 Å². The van der Waals surface area contributed by atoms with Gasteiger partial charge in [0, 0.05) is 11.6 Å². The molecule has 0 saturated carbocycles. The summed E-state index contributed by atoms with van der Waals surface area (Å²) in [5.74, 6) is 0.603. The van der Waals surface area contributed by atoms with E-state index in [0.29, 0.717) is 17.2 Å². The van der Waals surface area contributed by atoms with Crippen LogP contribution in [0.4, 0.5) is 4.39 Å². The molecule has 2 rings (SSSR count). The molecule has 0 aromatic heterocycles. The van der Waals surface area contributed by atoms with Crippen molar-refractivity contribution in [1.82, 2.24) is 0 Å². The average molecular weight is 264 g/mol. The van der Waals surface area contributed by atoms with Gasteiger partial charge in [-0.25, -0.2) is 4.39 Å². The van der Waals surface area contributed by atoms with Crippen LogP contribution in [0.1, 0.15) is 38.4 Å². The summed E-state index contributed by atoms with van der Waals surface area (Å²) in [6.07, 6.45) is 3.20. The lowest BCUT2D eigenvalue weighted by atomic mass is 9.79. The van der Waals surface area contributed by atoms with Crippen LogP contribution < -0.4 is 4.74 Å². The molecule has 3 heteroatoms. The molecular formula is C16H21FO2. The molecule has 1 aliphatic carbocycles. The number of halogens is 1. The summed E-state index contributed by atoms with van der Waals surface area (Å²) in [6, 6.07) is 4.64. The van der Waals surface area contributed by atoms with Crippen molar-refractivity contribution in [3.05, 3.63) is 41.2 Å². The predicted octanol–water partition coefficient (Wildman–Crippen LogP) is 3.86. The fraction of sp³-hybridized carbons (Fsp3) is 0.500. The smallest absolute Gasteiger partial charge is 0.132 e. The fourth-order valence-electron chi connectivity index (χ4n) is 2.97. The number of aliphatic hydroxyl groups excluding tert-OH is 1. The van der Waals surface area contributed by atoms with Crippen molar-refractivity contribution < 1.29 is 14.2 Å². The molecular weight excluding hydrogens is 243 g/mol. The van der Waals surface area contributed by atoms with Gasteiger partial charge in [-0.1, -0.05) is 18.6 Å². The van der Waals surface area contributed by atoms with E-state index in [1.165, 1.54) is 18.7 Å². The lowest BCUT2D eigenvalue weighted by Crippen LogP contribution is -2.20. The maximum Gasteiger partial charge on any atom is 0.132 e. The molecule has 3 atom stereocenters. The topological polar surface area (TPSA) is 29.5 Å². The van der Waals surface area contributed by atoms with Crippen LogP contribution in [0.15, 0.2) is 29.8 Å². The highest BCUT2D eigenvalue weighted by molar-refractivity contribution is 5.30. The molecule has 0 heterocycles. The van der Waals surface area contributed by atoms with Crippen molar-refractivity contribution in [1.29, 1.82) is 0 Å². The summed E-state index contributed by atoms with van der Waals surface area (Å²) >= 11 is 0. The number of allylic oxidation sites excluding steroid dienone is 2. The van der Waals surface area contributed by atoms with Crippen LogP contribution in [-0.4, -0.2) is 12.2 Å². The van der Waals surface area contributed by atoms with Crippen molar-refractivity contribution in [3.63, 3.8) is 0 Å². The Morgan fingerprint density at radius 3 is 2.74 bits per heavy atom. The number of benzene rings is 1. The third-order valence-electron chi connectivity index (χ3n) is 3.80. The summed E-state index contributed by atoms with van der Waals surface area (Å²) in [5.41, 5.74) is 1.64. The largest absolute Gasteiger partial charge is 0.497 e. The standard InChI is InChI=1S/C16H21FO2/c1-10-6-11(2)8-12(7-10)16(18)14-5-4-13(19-3)9-15(14)17/h4-6,9-10,12,16,18H,7-8H2,1-3H3. The second-order valence-electron chi connectivity index (χ2n) is 5.52. The van der Waals surface area contributed by atoms with Crippen LogP contribution in [0, 0.1) is 17.7 Å². The van der Waals surface area contributed by atoms with Gasteiger partial charge in [-0.2, -0.15) is 0 Å². The van der Waals surface area contributed by atoms with Crippen molar-refractivity contribution in [2.24, 2.45) is 11.8 Å². The summed E-state index contributed by atoms with van der Waals surface area (Å²) in [5, 5.41) is 10.4. The molecule has 2 nitrogen and oxygen atoms in total. The quantitative estimate of drug-likeness (QED) is 0.840. The Bertz CT molecular complexity index is 482. The monoisotopic (exact) mass is 264 g/mol. The van der Waals surface area contributed by atoms with E-state index in [1.54, 1.807) is 12.1 Å². The minimum absolute atomic E-state index is 0.0860. The van der Waals surface area contributed by atoms with Gasteiger partial charge in [-0.05, 0) is 43.7 Å². The molecule has 0 fully saturated rings. The van der Waals surface area contributed by atoms with Gasteiger partial charge < -0.3 is 9.84 Å². The number of hydrogen-bond donors (Lipinski definition) is 1. The minimum atomic E-state index is -0.753. The Hall–Kier alpha value is -1.35. The van der Waals surface area contributed by atoms with Gasteiger partial charge in [0.15, 0.2) is 0 Å². The Labute approximate surface area is 113 Å². The van der Waals surface area contributed by atoms with E-state index in [1.807, 2.05) is 0 Å². The molecule has 0 saturated heterocycles. The van der Waals surface area contributed by atoms with Crippen molar-refractivity contribution >= 4 is 0 Å². The number of methoxy groups -OCH3 is 1. The molecule has 0 aliphatic heterocycles. The summed E-state index contributed by atoms with van der Waals surface area (Å²) in [4.78, 5) is 0. The van der Waals surface area contributed by atoms with Gasteiger partial charge in [-0.15, -0.1) is 0 Å². The van der Waals surface area contributed by atoms with Crippen molar-refractivity contribution in [2.45, 2.75) is 32.8 Å². The summed E-state index contributed by atoms with van der Waals surface area (Å²) in [7, 11) is 1.50. The third kappa shape index (κ3) is 3.16. The van der Waals surface area contributed by atoms with E-state index in [4.69, 9.17) is 4.74 Å². The molecule has 1 N–H and O–H groups in total. The molecule has 3 unspecified atom stereocenters. The van der Waals surface area contributed by atoms with Gasteiger partial charge in [0.25, 0.3) is 0 Å². The molecule has 1 aromatic carbocycles. The van der Waals surface area contributed by atoms with Crippen LogP contribution in [0.25, 0.3) is 0 Å². The zero-order valence-electron chi connectivity index (χ0n) is 11.7. The zero-order chi connectivity index (χ0) is 14.0. The summed E-state index contributed by atoms with van der Waals surface area (Å²) in [6.45, 7) is 4.20. The van der Waals surface area contributed by atoms with E-state index in [0.717, 1.165) is 12.8 Å². The van der Waals surface area contributed by atoms with Gasteiger partial charge in [0.1, 0.15) is 11.6 Å². The maximum atomic E-state index is 14.0. The lowest BCUT2D eigenvalue weighted by molar-refractivity contribution is 0.0897. The van der Waals surface area contributed by atoms with E-state index >= 15 is 0 Å². The summed E-state index contributed by atoms with van der Waals surface area (Å²) < 4.78 is 19.0. The van der Waals surface area contributed by atoms with Gasteiger partial charge in [0.05, 0.1) is 13.2 Å². The number of aliphatic hydroxyl groups is 1. The van der Waals surface area contributed by atoms with Crippen LogP contribution in [0.3, 0.4) is 0 Å². The number of ether oxygens (including phenoxy) is 1. The molecule has 0 amide bonds. The Morgan fingerprint density at radius 2 is 2.16 bits per heavy atom. The minimum Gasteiger partial charge on any atom is -0.497 e. The first kappa shape index (κ1) is 14.1. The number of rotatable bonds is 3. The number of hydrogen-bond acceptors (Lipinski definition) is 2. The van der Waals surface area contributed by atoms with Crippen molar-refractivity contribution in [2.75, 3.05) is 7.11 Å². The SMILES string of the molecule is COc1ccc(C(O)C2CC(C)=CC(C)C2)c(F)c1. The maximum absolute atomic E-state index is 14.0. The van der Waals surface area contributed by atoms with Crippen molar-refractivity contribution in [3.8, 4) is 5.75 Å². The van der Waals surface area contributed by atoms with Crippen LogP contribution in [-0.2, 0) is 0 Å². The molecule has 0 bridgehead atoms. The second-order valence-corrected chi connectivity index (χ2v) is 5.52. The normalized spacial score (nSPS) is 24.8. The lowest BCUT2D eigenvalue weighted by Gasteiger charge is -2.29. The molecule has 19 heavy (non-hydrogen) atoms. The zero-order valence-corrected chi connectivity index (χ0v) is 11.7. The molecule has 1 aromatic rings. The van der Waals surface area contributed by atoms with E-state index in [2.05, 4.69) is 19.9 Å². The predicted molar refractivity (Wildman–Crippen MR) is 73.6 cm³/mol. The van der Waals surface area contributed by atoms with Crippen LogP contribution in [0.2, 0.25) is 0 Å².